The lowest BCUT2D eigenvalue weighted by Crippen LogP contribution is -2.30. The summed E-state index contributed by atoms with van der Waals surface area (Å²) in [6, 6.07) is 27.0. The normalized spacial score (nSPS) is 15.0. The first kappa shape index (κ1) is 21.6. The summed E-state index contributed by atoms with van der Waals surface area (Å²) in [6.45, 7) is 0.941. The molecule has 1 aromatic heterocycles. The lowest BCUT2D eigenvalue weighted by atomic mass is 9.95. The van der Waals surface area contributed by atoms with Crippen LogP contribution in [0.2, 0.25) is 0 Å². The zero-order chi connectivity index (χ0) is 23.9. The second kappa shape index (κ2) is 8.67. The SMILES string of the molecule is O=C(c1cc2cc(OCc3ccccc3)ccc2[nH]1)N1CC(CCl)c2c1cc(O)c1ccccc21. The molecule has 1 aliphatic heterocycles. The van der Waals surface area contributed by atoms with Gasteiger partial charge in [-0.2, -0.15) is 0 Å². The van der Waals surface area contributed by atoms with E-state index in [1.165, 1.54) is 0 Å². The molecule has 0 fully saturated rings. The molecule has 1 aliphatic rings. The first-order valence-electron chi connectivity index (χ1n) is 11.5. The van der Waals surface area contributed by atoms with Gasteiger partial charge in [0.25, 0.3) is 5.91 Å². The molecular formula is C29H23ClN2O3. The van der Waals surface area contributed by atoms with E-state index >= 15 is 0 Å². The second-order valence-corrected chi connectivity index (χ2v) is 9.16. The highest BCUT2D eigenvalue weighted by Crippen LogP contribution is 2.45. The molecule has 6 heteroatoms. The number of H-pyrrole nitrogens is 1. The Morgan fingerprint density at radius 3 is 2.57 bits per heavy atom. The topological polar surface area (TPSA) is 65.6 Å². The van der Waals surface area contributed by atoms with Gasteiger partial charge in [-0.15, -0.1) is 11.6 Å². The van der Waals surface area contributed by atoms with Crippen LogP contribution in [0.25, 0.3) is 21.7 Å². The molecule has 0 saturated carbocycles. The van der Waals surface area contributed by atoms with Crippen LogP contribution in [0.5, 0.6) is 11.5 Å². The van der Waals surface area contributed by atoms with Crippen molar-refractivity contribution in [2.75, 3.05) is 17.3 Å². The highest BCUT2D eigenvalue weighted by Gasteiger charge is 2.35. The number of alkyl halides is 1. The Morgan fingerprint density at radius 1 is 1.00 bits per heavy atom. The molecule has 0 spiro atoms. The molecule has 2 N–H and O–H groups in total. The van der Waals surface area contributed by atoms with Crippen molar-refractivity contribution in [2.24, 2.45) is 0 Å². The molecule has 1 unspecified atom stereocenters. The van der Waals surface area contributed by atoms with Crippen LogP contribution in [0.4, 0.5) is 5.69 Å². The lowest BCUT2D eigenvalue weighted by molar-refractivity contribution is 0.0984. The number of hydrogen-bond donors (Lipinski definition) is 2. The molecule has 174 valence electrons. The first-order valence-corrected chi connectivity index (χ1v) is 12.1. The monoisotopic (exact) mass is 482 g/mol. The van der Waals surface area contributed by atoms with Crippen molar-refractivity contribution in [1.29, 1.82) is 0 Å². The van der Waals surface area contributed by atoms with Gasteiger partial charge in [-0.3, -0.25) is 4.79 Å². The number of aromatic hydroxyl groups is 1. The molecule has 2 heterocycles. The molecule has 1 atom stereocenters. The number of fused-ring (bicyclic) bond motifs is 4. The Kier molecular flexibility index (Phi) is 5.34. The van der Waals surface area contributed by atoms with Gasteiger partial charge in [0.2, 0.25) is 0 Å². The van der Waals surface area contributed by atoms with E-state index < -0.39 is 0 Å². The van der Waals surface area contributed by atoms with Crippen molar-refractivity contribution < 1.29 is 14.6 Å². The molecule has 6 rings (SSSR count). The third-order valence-electron chi connectivity index (χ3n) is 6.65. The van der Waals surface area contributed by atoms with Gasteiger partial charge in [0.1, 0.15) is 23.8 Å². The van der Waals surface area contributed by atoms with Crippen molar-refractivity contribution >= 4 is 44.9 Å². The summed E-state index contributed by atoms with van der Waals surface area (Å²) >= 11 is 6.33. The van der Waals surface area contributed by atoms with E-state index in [1.807, 2.05) is 78.9 Å². The molecule has 0 saturated heterocycles. The zero-order valence-corrected chi connectivity index (χ0v) is 19.6. The van der Waals surface area contributed by atoms with Gasteiger partial charge < -0.3 is 19.7 Å². The van der Waals surface area contributed by atoms with Gasteiger partial charge in [0, 0.05) is 40.7 Å². The fraction of sp³-hybridized carbons (Fsp3) is 0.138. The second-order valence-electron chi connectivity index (χ2n) is 8.85. The van der Waals surface area contributed by atoms with Gasteiger partial charge in [0.15, 0.2) is 0 Å². The molecule has 4 aromatic carbocycles. The van der Waals surface area contributed by atoms with Crippen LogP contribution in [-0.4, -0.2) is 28.4 Å². The van der Waals surface area contributed by atoms with Gasteiger partial charge in [-0.25, -0.2) is 0 Å². The number of phenols is 1. The quantitative estimate of drug-likeness (QED) is 0.278. The van der Waals surface area contributed by atoms with E-state index in [9.17, 15) is 9.90 Å². The smallest absolute Gasteiger partial charge is 0.274 e. The first-order chi connectivity index (χ1) is 17.1. The molecular weight excluding hydrogens is 460 g/mol. The third kappa shape index (κ3) is 3.78. The number of nitrogens with zero attached hydrogens (tertiary/aromatic N) is 1. The van der Waals surface area contributed by atoms with Crippen LogP contribution in [-0.2, 0) is 6.61 Å². The molecule has 0 bridgehead atoms. The van der Waals surface area contributed by atoms with Crippen molar-refractivity contribution in [2.45, 2.75) is 12.5 Å². The molecule has 1 amide bonds. The summed E-state index contributed by atoms with van der Waals surface area (Å²) in [5.74, 6) is 1.12. The number of aromatic nitrogens is 1. The third-order valence-corrected chi connectivity index (χ3v) is 7.02. The van der Waals surface area contributed by atoms with Crippen molar-refractivity contribution in [3.63, 3.8) is 0 Å². The summed E-state index contributed by atoms with van der Waals surface area (Å²) in [5.41, 5.74) is 4.15. The Labute approximate surface area is 207 Å². The predicted molar refractivity (Wildman–Crippen MR) is 140 cm³/mol. The van der Waals surface area contributed by atoms with E-state index in [2.05, 4.69) is 4.98 Å². The van der Waals surface area contributed by atoms with E-state index in [0.29, 0.717) is 30.4 Å². The molecule has 0 aliphatic carbocycles. The van der Waals surface area contributed by atoms with Crippen LogP contribution >= 0.6 is 11.6 Å². The Morgan fingerprint density at radius 2 is 1.77 bits per heavy atom. The summed E-state index contributed by atoms with van der Waals surface area (Å²) in [7, 11) is 0. The number of aromatic amines is 1. The number of hydrogen-bond acceptors (Lipinski definition) is 3. The van der Waals surface area contributed by atoms with Gasteiger partial charge >= 0.3 is 0 Å². The number of phenolic OH excluding ortho intramolecular Hbond substituents is 1. The fourth-order valence-corrected chi connectivity index (χ4v) is 5.20. The predicted octanol–water partition coefficient (Wildman–Crippen LogP) is 6.59. The number of anilines is 1. The van der Waals surface area contributed by atoms with Crippen LogP contribution in [0, 0.1) is 0 Å². The number of ether oxygens (including phenoxy) is 1. The fourth-order valence-electron chi connectivity index (χ4n) is 4.95. The average Bonchev–Trinajstić information content (AvgIpc) is 3.49. The Balaban J connectivity index is 1.31. The minimum atomic E-state index is -0.156. The van der Waals surface area contributed by atoms with Crippen LogP contribution in [0.1, 0.15) is 27.5 Å². The highest BCUT2D eigenvalue weighted by atomic mass is 35.5. The van der Waals surface area contributed by atoms with Crippen molar-refractivity contribution in [1.82, 2.24) is 4.98 Å². The highest BCUT2D eigenvalue weighted by molar-refractivity contribution is 6.19. The Bertz CT molecular complexity index is 1560. The summed E-state index contributed by atoms with van der Waals surface area (Å²) in [5, 5.41) is 13.2. The largest absolute Gasteiger partial charge is 0.507 e. The van der Waals surface area contributed by atoms with Gasteiger partial charge in [0.05, 0.1) is 5.69 Å². The minimum absolute atomic E-state index is 0.0107. The number of carbonyl (C=O) groups excluding carboxylic acids is 1. The van der Waals surface area contributed by atoms with Crippen LogP contribution in [0.15, 0.2) is 84.9 Å². The standard InChI is InChI=1S/C29H23ClN2O3/c30-15-20-16-32(26-14-27(33)22-8-4-5-9-23(22)28(20)26)29(34)25-13-19-12-21(10-11-24(19)31-25)35-17-18-6-2-1-3-7-18/h1-14,20,31,33H,15-17H2. The van der Waals surface area contributed by atoms with Gasteiger partial charge in [-0.1, -0.05) is 54.6 Å². The Hall–Kier alpha value is -3.96. The van der Waals surface area contributed by atoms with Crippen molar-refractivity contribution in [3.05, 3.63) is 102 Å². The number of amides is 1. The number of rotatable bonds is 5. The molecule has 5 nitrogen and oxygen atoms in total. The van der Waals surface area contributed by atoms with E-state index in [1.54, 1.807) is 11.0 Å². The van der Waals surface area contributed by atoms with E-state index in [0.717, 1.165) is 38.6 Å². The number of benzene rings is 4. The molecule has 0 radical (unpaired) electrons. The average molecular weight is 483 g/mol. The zero-order valence-electron chi connectivity index (χ0n) is 18.9. The maximum absolute atomic E-state index is 13.6. The molecule has 5 aromatic rings. The van der Waals surface area contributed by atoms with E-state index in [-0.39, 0.29) is 17.6 Å². The minimum Gasteiger partial charge on any atom is -0.507 e. The maximum atomic E-state index is 13.6. The summed E-state index contributed by atoms with van der Waals surface area (Å²) < 4.78 is 5.95. The lowest BCUT2D eigenvalue weighted by Gasteiger charge is -2.17. The summed E-state index contributed by atoms with van der Waals surface area (Å²) in [4.78, 5) is 18.6. The maximum Gasteiger partial charge on any atom is 0.274 e. The molecule has 35 heavy (non-hydrogen) atoms. The number of carbonyl (C=O) groups is 1. The van der Waals surface area contributed by atoms with Crippen molar-refractivity contribution in [3.8, 4) is 11.5 Å². The summed E-state index contributed by atoms with van der Waals surface area (Å²) in [6.07, 6.45) is 0. The number of nitrogens with one attached hydrogen (secondary N) is 1. The van der Waals surface area contributed by atoms with E-state index in [4.69, 9.17) is 16.3 Å². The van der Waals surface area contributed by atoms with Gasteiger partial charge in [-0.05, 0) is 40.8 Å². The number of halogens is 1. The van der Waals surface area contributed by atoms with Crippen LogP contribution < -0.4 is 9.64 Å². The van der Waals surface area contributed by atoms with Crippen LogP contribution in [0.3, 0.4) is 0 Å².